The van der Waals surface area contributed by atoms with E-state index in [2.05, 4.69) is 16.0 Å². The van der Waals surface area contributed by atoms with Gasteiger partial charge in [0, 0.05) is 24.6 Å². The predicted molar refractivity (Wildman–Crippen MR) is 142 cm³/mol. The summed E-state index contributed by atoms with van der Waals surface area (Å²) in [4.78, 5) is 53.6. The van der Waals surface area contributed by atoms with Crippen LogP contribution in [0.1, 0.15) is 47.5 Å². The van der Waals surface area contributed by atoms with Crippen molar-refractivity contribution in [2.24, 2.45) is 5.92 Å². The lowest BCUT2D eigenvalue weighted by atomic mass is 9.95. The molecule has 0 aromatic carbocycles. The Morgan fingerprint density at radius 1 is 1.22 bits per heavy atom. The van der Waals surface area contributed by atoms with Gasteiger partial charge in [0.15, 0.2) is 0 Å². The summed E-state index contributed by atoms with van der Waals surface area (Å²) in [6.45, 7) is 10.9. The molecule has 3 aliphatic heterocycles. The molecule has 0 aliphatic carbocycles. The molecule has 37 heavy (non-hydrogen) atoms. The minimum atomic E-state index is -0.880. The minimum absolute atomic E-state index is 0.199. The number of carbonyl (C=O) groups is 4. The number of hydrogen-bond donors (Lipinski definition) is 3. The van der Waals surface area contributed by atoms with Gasteiger partial charge < -0.3 is 29.7 Å². The molecule has 3 aliphatic rings. The van der Waals surface area contributed by atoms with Crippen molar-refractivity contribution < 1.29 is 33.4 Å². The van der Waals surface area contributed by atoms with Crippen LogP contribution in [0.4, 0.5) is 4.79 Å². The summed E-state index contributed by atoms with van der Waals surface area (Å²) in [6.07, 6.45) is 0.544. The molecule has 3 atom stereocenters. The van der Waals surface area contributed by atoms with E-state index in [1.54, 1.807) is 25.7 Å². The zero-order chi connectivity index (χ0) is 27.2. The van der Waals surface area contributed by atoms with E-state index in [0.29, 0.717) is 45.0 Å². The van der Waals surface area contributed by atoms with Gasteiger partial charge in [0.05, 0.1) is 25.4 Å². The van der Waals surface area contributed by atoms with E-state index in [-0.39, 0.29) is 36.0 Å². The molecule has 3 N–H and O–H groups in total. The molecule has 0 aromatic heterocycles. The number of hydrogen-bond acceptors (Lipinski definition) is 10. The number of alkyl carbamates (subject to hydrolysis) is 1. The number of nitrogens with one attached hydrogen (secondary N) is 3. The topological polar surface area (TPSA) is 135 Å². The Labute approximate surface area is 226 Å². The molecule has 0 unspecified atom stereocenters. The fraction of sp³-hybridized carbons (Fsp3) is 0.833. The second-order valence-corrected chi connectivity index (χ2v) is 13.7. The minimum Gasteiger partial charge on any atom is -0.464 e. The van der Waals surface area contributed by atoms with Crippen molar-refractivity contribution in [3.8, 4) is 0 Å². The fourth-order valence-corrected chi connectivity index (χ4v) is 6.51. The van der Waals surface area contributed by atoms with Crippen molar-refractivity contribution in [1.82, 2.24) is 20.9 Å². The summed E-state index contributed by atoms with van der Waals surface area (Å²) in [5.74, 6) is -0.126. The predicted octanol–water partition coefficient (Wildman–Crippen LogP) is 1.31. The Hall–Kier alpha value is -1.70. The molecule has 210 valence electrons. The van der Waals surface area contributed by atoms with Crippen molar-refractivity contribution in [1.29, 1.82) is 0 Å². The van der Waals surface area contributed by atoms with Gasteiger partial charge in [-0.1, -0.05) is 35.4 Å². The zero-order valence-corrected chi connectivity index (χ0v) is 23.9. The number of nitrogens with zero attached hydrogens (tertiary/aromatic N) is 1. The highest BCUT2D eigenvalue weighted by atomic mass is 33.1. The van der Waals surface area contributed by atoms with Crippen LogP contribution in [0.3, 0.4) is 0 Å². The first kappa shape index (κ1) is 29.9. The molecule has 3 rings (SSSR count). The van der Waals surface area contributed by atoms with Crippen LogP contribution in [0.2, 0.25) is 0 Å². The smallest absolute Gasteiger partial charge is 0.408 e. The first-order chi connectivity index (χ1) is 17.4. The van der Waals surface area contributed by atoms with Crippen LogP contribution < -0.4 is 16.0 Å². The second kappa shape index (κ2) is 12.9. The Bertz CT molecular complexity index is 847. The molecule has 3 saturated heterocycles. The Morgan fingerprint density at radius 3 is 2.54 bits per heavy atom. The third-order valence-corrected chi connectivity index (χ3v) is 8.48. The van der Waals surface area contributed by atoms with Crippen LogP contribution in [0.5, 0.6) is 0 Å². The van der Waals surface area contributed by atoms with Crippen LogP contribution in [-0.4, -0.2) is 102 Å². The van der Waals surface area contributed by atoms with E-state index >= 15 is 0 Å². The zero-order valence-electron chi connectivity index (χ0n) is 22.3. The average Bonchev–Trinajstić information content (AvgIpc) is 3.27. The van der Waals surface area contributed by atoms with Gasteiger partial charge in [-0.05, 0) is 39.5 Å². The molecule has 13 heteroatoms. The lowest BCUT2D eigenvalue weighted by Crippen LogP contribution is -2.70. The Balaban J connectivity index is 1.78. The van der Waals surface area contributed by atoms with Gasteiger partial charge in [-0.25, -0.2) is 4.79 Å². The Kier molecular flexibility index (Phi) is 10.4. The van der Waals surface area contributed by atoms with E-state index in [1.807, 2.05) is 13.8 Å². The first-order valence-electron chi connectivity index (χ1n) is 12.7. The van der Waals surface area contributed by atoms with E-state index in [0.717, 1.165) is 0 Å². The highest BCUT2D eigenvalue weighted by molar-refractivity contribution is 8.76. The maximum absolute atomic E-state index is 13.5. The maximum atomic E-state index is 13.5. The summed E-state index contributed by atoms with van der Waals surface area (Å²) in [5, 5.41) is 9.04. The van der Waals surface area contributed by atoms with Crippen molar-refractivity contribution in [3.05, 3.63) is 0 Å². The van der Waals surface area contributed by atoms with E-state index in [1.165, 1.54) is 21.6 Å². The average molecular weight is 561 g/mol. The largest absolute Gasteiger partial charge is 0.464 e. The van der Waals surface area contributed by atoms with Crippen molar-refractivity contribution in [2.45, 2.75) is 76.7 Å². The molecule has 3 heterocycles. The second-order valence-electron chi connectivity index (χ2n) is 11.2. The van der Waals surface area contributed by atoms with Gasteiger partial charge in [-0.2, -0.15) is 0 Å². The third kappa shape index (κ3) is 8.66. The van der Waals surface area contributed by atoms with Gasteiger partial charge in [0.25, 0.3) is 0 Å². The summed E-state index contributed by atoms with van der Waals surface area (Å²) < 4.78 is 16.3. The molecular weight excluding hydrogens is 520 g/mol. The summed E-state index contributed by atoms with van der Waals surface area (Å²) >= 11 is 0. The molecule has 0 bridgehead atoms. The maximum Gasteiger partial charge on any atom is 0.408 e. The van der Waals surface area contributed by atoms with Crippen molar-refractivity contribution in [2.75, 3.05) is 44.4 Å². The van der Waals surface area contributed by atoms with Crippen LogP contribution in [-0.2, 0) is 28.6 Å². The van der Waals surface area contributed by atoms with Gasteiger partial charge in [-0.3, -0.25) is 19.7 Å². The first-order valence-corrected chi connectivity index (χ1v) is 15.2. The van der Waals surface area contributed by atoms with Gasteiger partial charge >= 0.3 is 12.1 Å². The molecule has 0 saturated carbocycles. The van der Waals surface area contributed by atoms with Crippen LogP contribution in [0.25, 0.3) is 0 Å². The van der Waals surface area contributed by atoms with Gasteiger partial charge in [-0.15, -0.1) is 0 Å². The van der Waals surface area contributed by atoms with E-state index in [9.17, 15) is 19.2 Å². The number of carbonyl (C=O) groups excluding carboxylic acids is 4. The number of amides is 3. The summed E-state index contributed by atoms with van der Waals surface area (Å²) in [5.41, 5.74) is -1.30. The Morgan fingerprint density at radius 2 is 1.92 bits per heavy atom. The molecular formula is C24H40N4O7S2. The van der Waals surface area contributed by atoms with E-state index < -0.39 is 35.4 Å². The SMILES string of the molecule is CC(C)COC(=O)[C@@H]1CSSC[C@H](NC(=O)OC(C)(C)C)C(=O)N2CCC[C@H]2C(=O)NCC2(COC2)N1. The third-order valence-electron chi connectivity index (χ3n) is 6.06. The molecule has 1 spiro atoms. The van der Waals surface area contributed by atoms with Gasteiger partial charge in [0.1, 0.15) is 23.7 Å². The number of fused-ring (bicyclic) bond motifs is 1. The molecule has 3 amide bonds. The highest BCUT2D eigenvalue weighted by Crippen LogP contribution is 2.28. The van der Waals surface area contributed by atoms with E-state index in [4.69, 9.17) is 14.2 Å². The molecule has 3 fully saturated rings. The summed E-state index contributed by atoms with van der Waals surface area (Å²) in [6, 6.07) is -2.13. The van der Waals surface area contributed by atoms with Crippen molar-refractivity contribution >= 4 is 45.5 Å². The normalized spacial score (nSPS) is 27.1. The van der Waals surface area contributed by atoms with Crippen LogP contribution in [0.15, 0.2) is 0 Å². The van der Waals surface area contributed by atoms with Crippen LogP contribution in [0, 0.1) is 5.92 Å². The number of esters is 1. The monoisotopic (exact) mass is 560 g/mol. The van der Waals surface area contributed by atoms with Gasteiger partial charge in [0.2, 0.25) is 11.8 Å². The molecule has 0 aromatic rings. The quantitative estimate of drug-likeness (QED) is 0.341. The number of ether oxygens (including phenoxy) is 3. The molecule has 0 radical (unpaired) electrons. The lowest BCUT2D eigenvalue weighted by molar-refractivity contribution is -0.150. The fourth-order valence-electron chi connectivity index (χ4n) is 4.21. The number of rotatable bonds is 4. The highest BCUT2D eigenvalue weighted by Gasteiger charge is 2.44. The van der Waals surface area contributed by atoms with Crippen molar-refractivity contribution in [3.63, 3.8) is 0 Å². The lowest BCUT2D eigenvalue weighted by Gasteiger charge is -2.44. The summed E-state index contributed by atoms with van der Waals surface area (Å²) in [7, 11) is 2.80. The molecule has 11 nitrogen and oxygen atoms in total. The van der Waals surface area contributed by atoms with Crippen LogP contribution >= 0.6 is 21.6 Å². The standard InChI is InChI=1S/C24H40N4O7S2/c1-15(2)9-34-21(31)17-11-37-36-10-16(26-22(32)35-23(3,4)5)20(30)28-8-6-7-18(28)19(29)25-12-24(27-17)13-33-14-24/h15-18,27H,6-14H2,1-5H3,(H,25,29)(H,26,32)/t16-,17-,18-/m0/s1.